The normalized spacial score (nSPS) is 14.4. The maximum Gasteiger partial charge on any atom is 0.118 e. The number of aromatic nitrogens is 2. The van der Waals surface area contributed by atoms with Gasteiger partial charge in [0.05, 0.1) is 24.5 Å². The van der Waals surface area contributed by atoms with E-state index in [1.807, 2.05) is 16.9 Å². The highest BCUT2D eigenvalue weighted by Gasteiger charge is 2.14. The molecule has 0 spiro atoms. The molecule has 0 unspecified atom stereocenters. The van der Waals surface area contributed by atoms with Crippen LogP contribution in [-0.2, 0) is 12.3 Å². The molecule has 0 aromatic carbocycles. The highest BCUT2D eigenvalue weighted by Crippen LogP contribution is 2.15. The second-order valence-corrected chi connectivity index (χ2v) is 6.07. The molecule has 20 heavy (non-hydrogen) atoms. The SMILES string of the molecule is CSCc1ccc(CN[C@@H](C)[C@@H](C)n2cc(C)cn2)o1. The second kappa shape index (κ2) is 6.99. The summed E-state index contributed by atoms with van der Waals surface area (Å²) in [5.74, 6) is 2.96. The Morgan fingerprint density at radius 1 is 1.35 bits per heavy atom. The molecule has 2 heterocycles. The first-order valence-corrected chi connectivity index (χ1v) is 8.30. The number of hydrogen-bond acceptors (Lipinski definition) is 4. The van der Waals surface area contributed by atoms with Gasteiger partial charge in [0, 0.05) is 12.2 Å². The van der Waals surface area contributed by atoms with E-state index in [-0.39, 0.29) is 0 Å². The van der Waals surface area contributed by atoms with Gasteiger partial charge >= 0.3 is 0 Å². The van der Waals surface area contributed by atoms with Crippen LogP contribution in [0.5, 0.6) is 0 Å². The van der Waals surface area contributed by atoms with Gasteiger partial charge in [-0.2, -0.15) is 16.9 Å². The van der Waals surface area contributed by atoms with E-state index >= 15 is 0 Å². The molecule has 0 aliphatic heterocycles. The minimum Gasteiger partial charge on any atom is -0.464 e. The molecule has 0 saturated carbocycles. The lowest BCUT2D eigenvalue weighted by molar-refractivity contribution is 0.349. The van der Waals surface area contributed by atoms with Crippen LogP contribution in [0.2, 0.25) is 0 Å². The predicted molar refractivity (Wildman–Crippen MR) is 83.9 cm³/mol. The number of furan rings is 1. The van der Waals surface area contributed by atoms with Crippen molar-refractivity contribution in [1.82, 2.24) is 15.1 Å². The lowest BCUT2D eigenvalue weighted by atomic mass is 10.1. The smallest absolute Gasteiger partial charge is 0.118 e. The van der Waals surface area contributed by atoms with Crippen LogP contribution >= 0.6 is 11.8 Å². The summed E-state index contributed by atoms with van der Waals surface area (Å²) in [6.07, 6.45) is 6.05. The molecule has 5 heteroatoms. The lowest BCUT2D eigenvalue weighted by Gasteiger charge is -2.21. The number of aryl methyl sites for hydroxylation is 1. The van der Waals surface area contributed by atoms with Crippen molar-refractivity contribution in [1.29, 1.82) is 0 Å². The van der Waals surface area contributed by atoms with Gasteiger partial charge in [-0.3, -0.25) is 4.68 Å². The minimum absolute atomic E-state index is 0.310. The van der Waals surface area contributed by atoms with E-state index in [0.717, 1.165) is 23.8 Å². The topological polar surface area (TPSA) is 43.0 Å². The lowest BCUT2D eigenvalue weighted by Crippen LogP contribution is -2.33. The molecule has 2 atom stereocenters. The molecule has 4 nitrogen and oxygen atoms in total. The Labute approximate surface area is 124 Å². The third kappa shape index (κ3) is 3.90. The molecule has 1 N–H and O–H groups in total. The fraction of sp³-hybridized carbons (Fsp3) is 0.533. The van der Waals surface area contributed by atoms with Crippen molar-refractivity contribution in [3.8, 4) is 0 Å². The van der Waals surface area contributed by atoms with Crippen molar-refractivity contribution >= 4 is 11.8 Å². The second-order valence-electron chi connectivity index (χ2n) is 5.21. The molecule has 0 radical (unpaired) electrons. The largest absolute Gasteiger partial charge is 0.464 e. The summed E-state index contributed by atoms with van der Waals surface area (Å²) in [5.41, 5.74) is 1.19. The maximum absolute atomic E-state index is 5.76. The first-order valence-electron chi connectivity index (χ1n) is 6.91. The van der Waals surface area contributed by atoms with Crippen LogP contribution in [0.25, 0.3) is 0 Å². The van der Waals surface area contributed by atoms with Crippen LogP contribution in [0.15, 0.2) is 28.9 Å². The van der Waals surface area contributed by atoms with Gasteiger partial charge in [-0.15, -0.1) is 0 Å². The predicted octanol–water partition coefficient (Wildman–Crippen LogP) is 3.39. The van der Waals surface area contributed by atoms with Crippen molar-refractivity contribution in [2.24, 2.45) is 0 Å². The standard InChI is InChI=1S/C15H23N3OS/c1-11-7-17-18(9-11)13(3)12(2)16-8-14-5-6-15(19-14)10-20-4/h5-7,9,12-13,16H,8,10H2,1-4H3/t12-,13+/m0/s1. The summed E-state index contributed by atoms with van der Waals surface area (Å²) < 4.78 is 7.77. The Hall–Kier alpha value is -1.20. The van der Waals surface area contributed by atoms with Crippen LogP contribution in [0.1, 0.15) is 37.0 Å². The Bertz CT molecular complexity index is 535. The molecule has 0 amide bonds. The summed E-state index contributed by atoms with van der Waals surface area (Å²) in [6.45, 7) is 7.16. The van der Waals surface area contributed by atoms with E-state index in [1.165, 1.54) is 5.56 Å². The van der Waals surface area contributed by atoms with E-state index in [1.54, 1.807) is 11.8 Å². The number of hydrogen-bond donors (Lipinski definition) is 1. The van der Waals surface area contributed by atoms with Crippen molar-refractivity contribution < 1.29 is 4.42 Å². The van der Waals surface area contributed by atoms with Crippen LogP contribution in [0.3, 0.4) is 0 Å². The number of rotatable bonds is 7. The highest BCUT2D eigenvalue weighted by molar-refractivity contribution is 7.97. The zero-order valence-corrected chi connectivity index (χ0v) is 13.4. The van der Waals surface area contributed by atoms with E-state index in [9.17, 15) is 0 Å². The molecule has 2 aromatic rings. The molecule has 0 saturated heterocycles. The molecular weight excluding hydrogens is 270 g/mol. The Morgan fingerprint density at radius 3 is 2.75 bits per heavy atom. The van der Waals surface area contributed by atoms with E-state index in [0.29, 0.717) is 12.1 Å². The monoisotopic (exact) mass is 293 g/mol. The van der Waals surface area contributed by atoms with Crippen LogP contribution < -0.4 is 5.32 Å². The first-order chi connectivity index (χ1) is 9.60. The average Bonchev–Trinajstić information content (AvgIpc) is 3.05. The van der Waals surface area contributed by atoms with Crippen molar-refractivity contribution in [2.45, 2.75) is 45.2 Å². The fourth-order valence-electron chi connectivity index (χ4n) is 2.05. The summed E-state index contributed by atoms with van der Waals surface area (Å²) >= 11 is 1.77. The number of nitrogens with one attached hydrogen (secondary N) is 1. The van der Waals surface area contributed by atoms with Crippen LogP contribution in [0.4, 0.5) is 0 Å². The molecular formula is C15H23N3OS. The van der Waals surface area contributed by atoms with Crippen molar-refractivity contribution in [2.75, 3.05) is 6.26 Å². The van der Waals surface area contributed by atoms with E-state index in [2.05, 4.69) is 49.7 Å². The summed E-state index contributed by atoms with van der Waals surface area (Å²) in [4.78, 5) is 0. The van der Waals surface area contributed by atoms with Gasteiger partial charge in [-0.1, -0.05) is 0 Å². The minimum atomic E-state index is 0.310. The van der Waals surface area contributed by atoms with Gasteiger partial charge in [0.25, 0.3) is 0 Å². The Kier molecular flexibility index (Phi) is 5.31. The van der Waals surface area contributed by atoms with Crippen LogP contribution in [0, 0.1) is 6.92 Å². The molecule has 110 valence electrons. The quantitative estimate of drug-likeness (QED) is 0.850. The fourth-order valence-corrected chi connectivity index (χ4v) is 2.49. The van der Waals surface area contributed by atoms with Crippen molar-refractivity contribution in [3.05, 3.63) is 41.6 Å². The van der Waals surface area contributed by atoms with Gasteiger partial charge in [-0.05, 0) is 44.7 Å². The maximum atomic E-state index is 5.76. The summed E-state index contributed by atoms with van der Waals surface area (Å²) in [7, 11) is 0. The number of thioether (sulfide) groups is 1. The molecule has 2 rings (SSSR count). The van der Waals surface area contributed by atoms with Gasteiger partial charge in [0.1, 0.15) is 11.5 Å². The van der Waals surface area contributed by atoms with Gasteiger partial charge in [0.2, 0.25) is 0 Å². The third-order valence-electron chi connectivity index (χ3n) is 3.47. The molecule has 0 fully saturated rings. The first kappa shape index (κ1) is 15.2. The number of nitrogens with zero attached hydrogens (tertiary/aromatic N) is 2. The summed E-state index contributed by atoms with van der Waals surface area (Å²) in [5, 5.41) is 7.87. The van der Waals surface area contributed by atoms with Crippen molar-refractivity contribution in [3.63, 3.8) is 0 Å². The van der Waals surface area contributed by atoms with Gasteiger partial charge < -0.3 is 9.73 Å². The average molecular weight is 293 g/mol. The van der Waals surface area contributed by atoms with E-state index in [4.69, 9.17) is 4.42 Å². The molecule has 0 aliphatic carbocycles. The molecule has 2 aromatic heterocycles. The zero-order valence-electron chi connectivity index (χ0n) is 12.6. The van der Waals surface area contributed by atoms with Crippen LogP contribution in [-0.4, -0.2) is 22.1 Å². The van der Waals surface area contributed by atoms with E-state index < -0.39 is 0 Å². The Balaban J connectivity index is 1.86. The highest BCUT2D eigenvalue weighted by atomic mass is 32.2. The summed E-state index contributed by atoms with van der Waals surface area (Å²) in [6, 6.07) is 4.74. The zero-order chi connectivity index (χ0) is 14.5. The molecule has 0 aliphatic rings. The van der Waals surface area contributed by atoms with Gasteiger partial charge in [-0.25, -0.2) is 0 Å². The molecule has 0 bridgehead atoms. The Morgan fingerprint density at radius 2 is 2.10 bits per heavy atom. The third-order valence-corrected chi connectivity index (χ3v) is 4.05. The van der Waals surface area contributed by atoms with Gasteiger partial charge in [0.15, 0.2) is 0 Å².